The minimum absolute atomic E-state index is 0.0435. The Hall–Kier alpha value is -2.27. The molecule has 110 valence electrons. The average molecular weight is 284 g/mol. The van der Waals surface area contributed by atoms with Crippen molar-refractivity contribution in [2.24, 2.45) is 0 Å². The molecule has 2 aromatic rings. The summed E-state index contributed by atoms with van der Waals surface area (Å²) in [6, 6.07) is 7.80. The van der Waals surface area contributed by atoms with E-state index in [1.807, 2.05) is 30.1 Å². The Labute approximate surface area is 125 Å². The molecule has 21 heavy (non-hydrogen) atoms. The van der Waals surface area contributed by atoms with E-state index < -0.39 is 0 Å². The van der Waals surface area contributed by atoms with E-state index in [0.29, 0.717) is 12.2 Å². The molecule has 0 spiro atoms. The maximum atomic E-state index is 12.1. The SMILES string of the molecule is CCC(c1ccncc1)N(C)CC(=O)Nc1cccnc1. The second kappa shape index (κ2) is 7.50. The van der Waals surface area contributed by atoms with E-state index in [-0.39, 0.29) is 11.9 Å². The van der Waals surface area contributed by atoms with Crippen LogP contribution in [0.15, 0.2) is 49.1 Å². The number of rotatable bonds is 6. The Morgan fingerprint density at radius 2 is 2.00 bits per heavy atom. The van der Waals surface area contributed by atoms with Crippen molar-refractivity contribution < 1.29 is 4.79 Å². The van der Waals surface area contributed by atoms with E-state index in [1.54, 1.807) is 30.9 Å². The normalized spacial score (nSPS) is 12.1. The van der Waals surface area contributed by atoms with Gasteiger partial charge in [0.25, 0.3) is 0 Å². The van der Waals surface area contributed by atoms with Crippen LogP contribution in [0.5, 0.6) is 0 Å². The van der Waals surface area contributed by atoms with Crippen LogP contribution in [-0.4, -0.2) is 34.4 Å². The summed E-state index contributed by atoms with van der Waals surface area (Å²) < 4.78 is 0. The molecule has 1 amide bonds. The van der Waals surface area contributed by atoms with Crippen LogP contribution in [0.2, 0.25) is 0 Å². The van der Waals surface area contributed by atoms with Gasteiger partial charge in [0.05, 0.1) is 18.4 Å². The first-order chi connectivity index (χ1) is 10.2. The molecule has 0 aliphatic heterocycles. The van der Waals surface area contributed by atoms with E-state index in [2.05, 4.69) is 22.2 Å². The Kier molecular flexibility index (Phi) is 5.40. The van der Waals surface area contributed by atoms with Gasteiger partial charge < -0.3 is 5.32 Å². The molecular formula is C16H20N4O. The lowest BCUT2D eigenvalue weighted by Gasteiger charge is -2.26. The lowest BCUT2D eigenvalue weighted by Crippen LogP contribution is -2.33. The summed E-state index contributed by atoms with van der Waals surface area (Å²) in [6.45, 7) is 2.44. The zero-order chi connectivity index (χ0) is 15.1. The number of carbonyl (C=O) groups excluding carboxylic acids is 1. The third-order valence-electron chi connectivity index (χ3n) is 3.35. The number of anilines is 1. The molecule has 0 aliphatic rings. The molecule has 1 atom stereocenters. The Morgan fingerprint density at radius 3 is 2.62 bits per heavy atom. The molecule has 5 heteroatoms. The molecule has 0 saturated carbocycles. The fourth-order valence-electron chi connectivity index (χ4n) is 2.36. The van der Waals surface area contributed by atoms with Crippen molar-refractivity contribution in [2.45, 2.75) is 19.4 Å². The van der Waals surface area contributed by atoms with Crippen molar-refractivity contribution in [3.63, 3.8) is 0 Å². The smallest absolute Gasteiger partial charge is 0.238 e. The molecule has 0 saturated heterocycles. The van der Waals surface area contributed by atoms with Gasteiger partial charge in [-0.05, 0) is 43.3 Å². The molecule has 0 aromatic carbocycles. The van der Waals surface area contributed by atoms with Crippen LogP contribution in [0.3, 0.4) is 0 Å². The highest BCUT2D eigenvalue weighted by Crippen LogP contribution is 2.21. The highest BCUT2D eigenvalue weighted by molar-refractivity contribution is 5.92. The minimum atomic E-state index is -0.0435. The van der Waals surface area contributed by atoms with Crippen LogP contribution in [0.1, 0.15) is 24.9 Å². The van der Waals surface area contributed by atoms with E-state index in [4.69, 9.17) is 0 Å². The highest BCUT2D eigenvalue weighted by atomic mass is 16.2. The van der Waals surface area contributed by atoms with Gasteiger partial charge in [0.1, 0.15) is 0 Å². The van der Waals surface area contributed by atoms with Gasteiger partial charge in [-0.2, -0.15) is 0 Å². The first kappa shape index (κ1) is 15.1. The van der Waals surface area contributed by atoms with Crippen molar-refractivity contribution >= 4 is 11.6 Å². The predicted molar refractivity (Wildman–Crippen MR) is 82.8 cm³/mol. The second-order valence-corrected chi connectivity index (χ2v) is 4.91. The van der Waals surface area contributed by atoms with Gasteiger partial charge in [-0.3, -0.25) is 19.7 Å². The van der Waals surface area contributed by atoms with Crippen molar-refractivity contribution in [1.29, 1.82) is 0 Å². The molecule has 2 heterocycles. The molecular weight excluding hydrogens is 264 g/mol. The van der Waals surface area contributed by atoms with Gasteiger partial charge in [-0.25, -0.2) is 0 Å². The third kappa shape index (κ3) is 4.36. The van der Waals surface area contributed by atoms with E-state index >= 15 is 0 Å². The second-order valence-electron chi connectivity index (χ2n) is 4.91. The summed E-state index contributed by atoms with van der Waals surface area (Å²) in [4.78, 5) is 22.1. The van der Waals surface area contributed by atoms with Crippen molar-refractivity contribution in [2.75, 3.05) is 18.9 Å². The molecule has 1 unspecified atom stereocenters. The fraction of sp³-hybridized carbons (Fsp3) is 0.312. The number of nitrogens with zero attached hydrogens (tertiary/aromatic N) is 3. The van der Waals surface area contributed by atoms with Crippen molar-refractivity contribution in [3.05, 3.63) is 54.6 Å². The summed E-state index contributed by atoms with van der Waals surface area (Å²) >= 11 is 0. The predicted octanol–water partition coefficient (Wildman–Crippen LogP) is 2.50. The van der Waals surface area contributed by atoms with Crippen LogP contribution in [0, 0.1) is 0 Å². The quantitative estimate of drug-likeness (QED) is 0.885. The van der Waals surface area contributed by atoms with E-state index in [0.717, 1.165) is 6.42 Å². The van der Waals surface area contributed by atoms with Crippen molar-refractivity contribution in [3.8, 4) is 0 Å². The first-order valence-electron chi connectivity index (χ1n) is 7.00. The van der Waals surface area contributed by atoms with Crippen molar-refractivity contribution in [1.82, 2.24) is 14.9 Å². The van der Waals surface area contributed by atoms with Gasteiger partial charge in [0, 0.05) is 24.6 Å². The maximum Gasteiger partial charge on any atom is 0.238 e. The molecule has 2 aromatic heterocycles. The summed E-state index contributed by atoms with van der Waals surface area (Å²) in [7, 11) is 1.96. The summed E-state index contributed by atoms with van der Waals surface area (Å²) in [6.07, 6.45) is 7.81. The maximum absolute atomic E-state index is 12.1. The van der Waals surface area contributed by atoms with E-state index in [1.165, 1.54) is 5.56 Å². The standard InChI is InChI=1S/C16H20N4O/c1-3-15(13-6-9-17-10-7-13)20(2)12-16(21)19-14-5-4-8-18-11-14/h4-11,15H,3,12H2,1-2H3,(H,19,21). The van der Waals surface area contributed by atoms with Crippen LogP contribution in [0.4, 0.5) is 5.69 Å². The van der Waals surface area contributed by atoms with Gasteiger partial charge in [-0.1, -0.05) is 6.92 Å². The topological polar surface area (TPSA) is 58.1 Å². The largest absolute Gasteiger partial charge is 0.324 e. The number of amides is 1. The highest BCUT2D eigenvalue weighted by Gasteiger charge is 2.17. The Bertz CT molecular complexity index is 559. The number of aromatic nitrogens is 2. The van der Waals surface area contributed by atoms with Crippen LogP contribution >= 0.6 is 0 Å². The summed E-state index contributed by atoms with van der Waals surface area (Å²) in [5.41, 5.74) is 1.89. The summed E-state index contributed by atoms with van der Waals surface area (Å²) in [5, 5.41) is 2.85. The zero-order valence-corrected chi connectivity index (χ0v) is 12.4. The molecule has 0 radical (unpaired) electrons. The molecule has 2 rings (SSSR count). The molecule has 0 fully saturated rings. The Balaban J connectivity index is 1.96. The molecule has 5 nitrogen and oxygen atoms in total. The minimum Gasteiger partial charge on any atom is -0.324 e. The average Bonchev–Trinajstić information content (AvgIpc) is 2.50. The van der Waals surface area contributed by atoms with Gasteiger partial charge in [0.15, 0.2) is 0 Å². The number of carbonyl (C=O) groups is 1. The fourth-order valence-corrected chi connectivity index (χ4v) is 2.36. The third-order valence-corrected chi connectivity index (χ3v) is 3.35. The summed E-state index contributed by atoms with van der Waals surface area (Å²) in [5.74, 6) is -0.0435. The lowest BCUT2D eigenvalue weighted by atomic mass is 10.0. The number of pyridine rings is 2. The van der Waals surface area contributed by atoms with Crippen LogP contribution in [-0.2, 0) is 4.79 Å². The first-order valence-corrected chi connectivity index (χ1v) is 7.00. The number of hydrogen-bond acceptors (Lipinski definition) is 4. The van der Waals surface area contributed by atoms with Gasteiger partial charge >= 0.3 is 0 Å². The number of hydrogen-bond donors (Lipinski definition) is 1. The van der Waals surface area contributed by atoms with E-state index in [9.17, 15) is 4.79 Å². The van der Waals surface area contributed by atoms with Crippen LogP contribution < -0.4 is 5.32 Å². The van der Waals surface area contributed by atoms with Crippen LogP contribution in [0.25, 0.3) is 0 Å². The monoisotopic (exact) mass is 284 g/mol. The number of nitrogens with one attached hydrogen (secondary N) is 1. The lowest BCUT2D eigenvalue weighted by molar-refractivity contribution is -0.117. The Morgan fingerprint density at radius 1 is 1.24 bits per heavy atom. The van der Waals surface area contributed by atoms with Gasteiger partial charge in [-0.15, -0.1) is 0 Å². The molecule has 1 N–H and O–H groups in total. The molecule has 0 aliphatic carbocycles. The number of likely N-dealkylation sites (N-methyl/N-ethyl adjacent to an activating group) is 1. The van der Waals surface area contributed by atoms with Gasteiger partial charge in [0.2, 0.25) is 5.91 Å². The zero-order valence-electron chi connectivity index (χ0n) is 12.4. The molecule has 0 bridgehead atoms.